The molecule has 8 heteroatoms. The number of nitrogens with one attached hydrogen (secondary N) is 1. The van der Waals surface area contributed by atoms with Crippen LogP contribution in [0.2, 0.25) is 0 Å². The Morgan fingerprint density at radius 2 is 1.75 bits per heavy atom. The minimum atomic E-state index is -1.24. The van der Waals surface area contributed by atoms with Crippen molar-refractivity contribution in [3.8, 4) is 6.07 Å². The van der Waals surface area contributed by atoms with Gasteiger partial charge in [-0.25, -0.2) is 0 Å². The number of aryl methyl sites for hydroxylation is 1. The Bertz CT molecular complexity index is 1020. The van der Waals surface area contributed by atoms with E-state index in [9.17, 15) is 19.8 Å². The average Bonchev–Trinajstić information content (AvgIpc) is 2.87. The Morgan fingerprint density at radius 1 is 1.11 bits per heavy atom. The summed E-state index contributed by atoms with van der Waals surface area (Å²) in [5.74, 6) is -0.551. The summed E-state index contributed by atoms with van der Waals surface area (Å²) < 4.78 is 0. The monoisotopic (exact) mass is 496 g/mol. The van der Waals surface area contributed by atoms with Crippen LogP contribution in [0.25, 0.3) is 0 Å². The fourth-order valence-electron chi connectivity index (χ4n) is 4.19. The first kappa shape index (κ1) is 29.0. The van der Waals surface area contributed by atoms with Crippen molar-refractivity contribution in [3.63, 3.8) is 0 Å². The summed E-state index contributed by atoms with van der Waals surface area (Å²) in [5, 5.41) is 33.1. The number of hydrogen-bond acceptors (Lipinski definition) is 6. The molecule has 0 spiro atoms. The fourth-order valence-corrected chi connectivity index (χ4v) is 4.19. The van der Waals surface area contributed by atoms with Gasteiger partial charge in [0.05, 0.1) is 18.2 Å². The van der Waals surface area contributed by atoms with Gasteiger partial charge in [-0.05, 0) is 80.5 Å². The molecule has 0 fully saturated rings. The van der Waals surface area contributed by atoms with Crippen LogP contribution in [0.3, 0.4) is 0 Å². The summed E-state index contributed by atoms with van der Waals surface area (Å²) in [6.45, 7) is 7.17. The number of rotatable bonds is 14. The van der Waals surface area contributed by atoms with Gasteiger partial charge < -0.3 is 20.4 Å². The Hall–Kier alpha value is -3.28. The molecular formula is C28H40N4O4. The third-order valence-corrected chi connectivity index (χ3v) is 5.98. The van der Waals surface area contributed by atoms with Crippen molar-refractivity contribution in [1.29, 1.82) is 5.26 Å². The number of aliphatic hydroxyl groups is 2. The van der Waals surface area contributed by atoms with Gasteiger partial charge in [-0.3, -0.25) is 14.6 Å². The van der Waals surface area contributed by atoms with Gasteiger partial charge in [-0.15, -0.1) is 0 Å². The zero-order valence-electron chi connectivity index (χ0n) is 21.5. The van der Waals surface area contributed by atoms with Crippen LogP contribution < -0.4 is 5.32 Å². The van der Waals surface area contributed by atoms with Crippen molar-refractivity contribution < 1.29 is 21.2 Å². The number of hydrogen-bond donors (Lipinski definition) is 3. The second-order valence-electron chi connectivity index (χ2n) is 9.13. The fraction of sp³-hybridized carbons (Fsp3) is 0.500. The first-order valence-electron chi connectivity index (χ1n) is 12.6. The maximum atomic E-state index is 13.3. The van der Waals surface area contributed by atoms with E-state index in [4.69, 9.17) is 5.26 Å². The lowest BCUT2D eigenvalue weighted by molar-refractivity contribution is -0.00788. The van der Waals surface area contributed by atoms with Crippen LogP contribution in [0.1, 0.15) is 79.2 Å². The molecule has 0 saturated carbocycles. The molecule has 196 valence electrons. The van der Waals surface area contributed by atoms with Crippen molar-refractivity contribution in [2.45, 2.75) is 77.5 Å². The predicted molar refractivity (Wildman–Crippen MR) is 140 cm³/mol. The third-order valence-electron chi connectivity index (χ3n) is 5.98. The average molecular weight is 497 g/mol. The number of nitrogens with zero attached hydrogens (tertiary/aromatic N) is 3. The first-order valence-corrected chi connectivity index (χ1v) is 12.6. The Morgan fingerprint density at radius 3 is 2.36 bits per heavy atom. The first-order chi connectivity index (χ1) is 17.3. The summed E-state index contributed by atoms with van der Waals surface area (Å²) >= 11 is 0. The standard InChI is InChI=1S/C28H38N4O4.H2/c1-4-14-32(15-5-2)28(36)23-17-20(3)16-22(19-23)27(35)31-24(18-21-9-12-30-13-10-21)26(34)25(33)8-6-7-11-29;/h9-10,12-13,16-17,19,24-26,33-34H,4-8,14-15,18H2,1-3H3,(H,31,35);1H. The predicted octanol–water partition coefficient (Wildman–Crippen LogP) is 3.66. The minimum Gasteiger partial charge on any atom is -0.390 e. The van der Waals surface area contributed by atoms with Gasteiger partial charge >= 0.3 is 0 Å². The molecule has 2 aromatic rings. The lowest BCUT2D eigenvalue weighted by atomic mass is 9.95. The molecule has 3 unspecified atom stereocenters. The molecule has 1 aromatic heterocycles. The van der Waals surface area contributed by atoms with Gasteiger partial charge in [-0.2, -0.15) is 5.26 Å². The Balaban J connectivity index is 0.00000684. The zero-order chi connectivity index (χ0) is 26.5. The highest BCUT2D eigenvalue weighted by atomic mass is 16.3. The number of carbonyl (C=O) groups is 2. The summed E-state index contributed by atoms with van der Waals surface area (Å²) in [4.78, 5) is 32.2. The molecule has 1 heterocycles. The quantitative estimate of drug-likeness (QED) is 0.343. The van der Waals surface area contributed by atoms with E-state index >= 15 is 0 Å². The highest BCUT2D eigenvalue weighted by Crippen LogP contribution is 2.16. The lowest BCUT2D eigenvalue weighted by Gasteiger charge is -2.28. The summed E-state index contributed by atoms with van der Waals surface area (Å²) in [5.41, 5.74) is 2.39. The number of unbranched alkanes of at least 4 members (excludes halogenated alkanes) is 1. The number of nitriles is 1. The van der Waals surface area contributed by atoms with E-state index in [1.165, 1.54) is 0 Å². The number of benzene rings is 1. The molecule has 0 aliphatic rings. The maximum absolute atomic E-state index is 13.3. The van der Waals surface area contributed by atoms with Crippen LogP contribution in [0.5, 0.6) is 0 Å². The largest absolute Gasteiger partial charge is 0.390 e. The number of pyridine rings is 1. The molecule has 3 N–H and O–H groups in total. The van der Waals surface area contributed by atoms with Crippen LogP contribution in [0.15, 0.2) is 42.7 Å². The van der Waals surface area contributed by atoms with Crippen molar-refractivity contribution in [2.75, 3.05) is 13.1 Å². The molecule has 2 amide bonds. The van der Waals surface area contributed by atoms with Gasteiger partial charge in [-0.1, -0.05) is 13.8 Å². The molecule has 1 aromatic carbocycles. The van der Waals surface area contributed by atoms with Crippen molar-refractivity contribution in [3.05, 3.63) is 65.0 Å². The van der Waals surface area contributed by atoms with E-state index in [2.05, 4.69) is 10.3 Å². The van der Waals surface area contributed by atoms with Crippen molar-refractivity contribution in [2.24, 2.45) is 0 Å². The number of aliphatic hydroxyl groups excluding tert-OH is 2. The van der Waals surface area contributed by atoms with E-state index in [-0.39, 0.29) is 26.6 Å². The zero-order valence-corrected chi connectivity index (χ0v) is 21.5. The van der Waals surface area contributed by atoms with E-state index in [1.54, 1.807) is 47.6 Å². The molecule has 36 heavy (non-hydrogen) atoms. The molecule has 0 aliphatic heterocycles. The molecule has 3 atom stereocenters. The highest BCUT2D eigenvalue weighted by molar-refractivity contribution is 6.00. The minimum absolute atomic E-state index is 0. The molecular weight excluding hydrogens is 456 g/mol. The van der Waals surface area contributed by atoms with E-state index in [0.717, 1.165) is 24.0 Å². The van der Waals surface area contributed by atoms with Gasteiger partial charge in [0, 0.05) is 44.5 Å². The maximum Gasteiger partial charge on any atom is 0.253 e. The normalized spacial score (nSPS) is 13.3. The topological polar surface area (TPSA) is 127 Å². The molecule has 8 nitrogen and oxygen atoms in total. The van der Waals surface area contributed by atoms with Crippen molar-refractivity contribution >= 4 is 11.8 Å². The Labute approximate surface area is 215 Å². The van der Waals surface area contributed by atoms with Gasteiger partial charge in [0.2, 0.25) is 0 Å². The van der Waals surface area contributed by atoms with Crippen LogP contribution in [-0.4, -0.2) is 63.3 Å². The Kier molecular flexibility index (Phi) is 12.0. The van der Waals surface area contributed by atoms with E-state index in [1.807, 2.05) is 26.8 Å². The number of aromatic nitrogens is 1. The summed E-state index contributed by atoms with van der Waals surface area (Å²) in [6.07, 6.45) is 3.84. The molecule has 0 aliphatic carbocycles. The van der Waals surface area contributed by atoms with E-state index in [0.29, 0.717) is 30.6 Å². The van der Waals surface area contributed by atoms with Gasteiger partial charge in [0.1, 0.15) is 6.10 Å². The SMILES string of the molecule is CCCN(CCC)C(=O)c1cc(C)cc(C(=O)NC(Cc2ccncc2)C(O)C(O)CCCC#N)c1.[HH]. The van der Waals surface area contributed by atoms with Crippen LogP contribution in [0, 0.1) is 18.3 Å². The molecule has 0 bridgehead atoms. The van der Waals surface area contributed by atoms with Crippen LogP contribution in [0.4, 0.5) is 0 Å². The van der Waals surface area contributed by atoms with Gasteiger partial charge in [0.15, 0.2) is 0 Å². The molecule has 0 radical (unpaired) electrons. The van der Waals surface area contributed by atoms with Crippen LogP contribution in [-0.2, 0) is 6.42 Å². The smallest absolute Gasteiger partial charge is 0.253 e. The molecule has 0 saturated heterocycles. The second-order valence-corrected chi connectivity index (χ2v) is 9.13. The van der Waals surface area contributed by atoms with Gasteiger partial charge in [0.25, 0.3) is 11.8 Å². The third kappa shape index (κ3) is 8.74. The van der Waals surface area contributed by atoms with Crippen molar-refractivity contribution in [1.82, 2.24) is 15.2 Å². The van der Waals surface area contributed by atoms with E-state index < -0.39 is 24.2 Å². The molecule has 2 rings (SSSR count). The highest BCUT2D eigenvalue weighted by Gasteiger charge is 2.28. The number of carbonyl (C=O) groups excluding carboxylic acids is 2. The second kappa shape index (κ2) is 15.0. The lowest BCUT2D eigenvalue weighted by Crippen LogP contribution is -2.49. The summed E-state index contributed by atoms with van der Waals surface area (Å²) in [6, 6.07) is 9.88. The number of amides is 2. The summed E-state index contributed by atoms with van der Waals surface area (Å²) in [7, 11) is 0. The van der Waals surface area contributed by atoms with Crippen LogP contribution >= 0.6 is 0 Å².